The lowest BCUT2D eigenvalue weighted by molar-refractivity contribution is 0.0984. The zero-order valence-electron chi connectivity index (χ0n) is 18.9. The van der Waals surface area contributed by atoms with Crippen molar-refractivity contribution in [1.82, 2.24) is 19.7 Å². The van der Waals surface area contributed by atoms with Crippen LogP contribution in [0.2, 0.25) is 0 Å². The van der Waals surface area contributed by atoms with Crippen molar-refractivity contribution in [2.24, 2.45) is 0 Å². The van der Waals surface area contributed by atoms with Crippen molar-refractivity contribution in [2.45, 2.75) is 20.4 Å². The van der Waals surface area contributed by atoms with Crippen LogP contribution in [0.1, 0.15) is 28.5 Å². The summed E-state index contributed by atoms with van der Waals surface area (Å²) in [5.74, 6) is 0.628. The molecule has 170 valence electrons. The summed E-state index contributed by atoms with van der Waals surface area (Å²) in [5, 5.41) is 5.10. The number of hydrogen-bond donors (Lipinski definition) is 0. The Balaban J connectivity index is 1.55. The minimum Gasteiger partial charge on any atom is -0.494 e. The van der Waals surface area contributed by atoms with Crippen molar-refractivity contribution in [3.8, 4) is 11.4 Å². The molecule has 0 fully saturated rings. The standard InChI is InChI=1S/C26H23N5O2S/c1-3-33-21-11-12-23-24(14-21)34-26(29-23)30(17-19-8-7-13-27-15-19)25(32)22-16-28-31(18(22)2)20-9-5-4-6-10-20/h4-16H,3,17H2,1-2H3. The number of pyridine rings is 1. The highest BCUT2D eigenvalue weighted by Gasteiger charge is 2.25. The predicted molar refractivity (Wildman–Crippen MR) is 134 cm³/mol. The third kappa shape index (κ3) is 4.27. The first-order valence-corrected chi connectivity index (χ1v) is 11.8. The fourth-order valence-electron chi connectivity index (χ4n) is 3.76. The highest BCUT2D eigenvalue weighted by Crippen LogP contribution is 2.33. The van der Waals surface area contributed by atoms with E-state index in [0.29, 0.717) is 23.8 Å². The lowest BCUT2D eigenvalue weighted by atomic mass is 10.2. The third-order valence-corrected chi connectivity index (χ3v) is 6.48. The molecule has 0 saturated heterocycles. The van der Waals surface area contributed by atoms with Gasteiger partial charge in [-0.3, -0.25) is 14.7 Å². The molecule has 0 N–H and O–H groups in total. The summed E-state index contributed by atoms with van der Waals surface area (Å²) in [6.45, 7) is 4.80. The number of benzene rings is 2. The molecule has 34 heavy (non-hydrogen) atoms. The Hall–Kier alpha value is -4.04. The Morgan fingerprint density at radius 3 is 2.71 bits per heavy atom. The van der Waals surface area contributed by atoms with E-state index in [1.165, 1.54) is 11.3 Å². The van der Waals surface area contributed by atoms with Crippen LogP contribution in [0, 0.1) is 6.92 Å². The second-order valence-corrected chi connectivity index (χ2v) is 8.71. The lowest BCUT2D eigenvalue weighted by Crippen LogP contribution is -2.30. The highest BCUT2D eigenvalue weighted by molar-refractivity contribution is 7.22. The molecule has 0 saturated carbocycles. The maximum atomic E-state index is 13.9. The molecule has 1 amide bonds. The zero-order valence-corrected chi connectivity index (χ0v) is 19.7. The average Bonchev–Trinajstić information content (AvgIpc) is 3.46. The number of ether oxygens (including phenoxy) is 1. The zero-order chi connectivity index (χ0) is 23.5. The van der Waals surface area contributed by atoms with E-state index in [1.807, 2.05) is 74.5 Å². The second kappa shape index (κ2) is 9.44. The van der Waals surface area contributed by atoms with Crippen molar-refractivity contribution in [3.63, 3.8) is 0 Å². The van der Waals surface area contributed by atoms with Crippen molar-refractivity contribution >= 4 is 32.6 Å². The van der Waals surface area contributed by atoms with Gasteiger partial charge >= 0.3 is 0 Å². The number of rotatable bonds is 7. The van der Waals surface area contributed by atoms with Gasteiger partial charge in [0, 0.05) is 12.4 Å². The van der Waals surface area contributed by atoms with E-state index in [-0.39, 0.29) is 5.91 Å². The quantitative estimate of drug-likeness (QED) is 0.318. The number of fused-ring (bicyclic) bond motifs is 1. The molecular weight excluding hydrogens is 446 g/mol. The molecule has 0 aliphatic carbocycles. The highest BCUT2D eigenvalue weighted by atomic mass is 32.1. The summed E-state index contributed by atoms with van der Waals surface area (Å²) in [6.07, 6.45) is 5.11. The van der Waals surface area contributed by atoms with Crippen LogP contribution >= 0.6 is 11.3 Å². The molecule has 5 aromatic rings. The maximum Gasteiger partial charge on any atom is 0.263 e. The van der Waals surface area contributed by atoms with Gasteiger partial charge in [0.2, 0.25) is 0 Å². The van der Waals surface area contributed by atoms with Gasteiger partial charge in [-0.1, -0.05) is 35.6 Å². The minimum atomic E-state index is -0.160. The van der Waals surface area contributed by atoms with Crippen molar-refractivity contribution in [3.05, 3.63) is 96.1 Å². The lowest BCUT2D eigenvalue weighted by Gasteiger charge is -2.19. The SMILES string of the molecule is CCOc1ccc2nc(N(Cc3cccnc3)C(=O)c3cnn(-c4ccccc4)c3C)sc2c1. The van der Waals surface area contributed by atoms with Crippen LogP contribution in [0.5, 0.6) is 5.75 Å². The fourth-order valence-corrected chi connectivity index (χ4v) is 4.75. The van der Waals surface area contributed by atoms with Gasteiger partial charge < -0.3 is 4.74 Å². The number of para-hydroxylation sites is 1. The number of aromatic nitrogens is 4. The predicted octanol–water partition coefficient (Wildman–Crippen LogP) is 5.43. The number of amides is 1. The van der Waals surface area contributed by atoms with Crippen molar-refractivity contribution in [1.29, 1.82) is 0 Å². The van der Waals surface area contributed by atoms with E-state index in [4.69, 9.17) is 9.72 Å². The number of hydrogen-bond acceptors (Lipinski definition) is 6. The molecule has 3 aromatic heterocycles. The number of carbonyl (C=O) groups excluding carboxylic acids is 1. The van der Waals surface area contributed by atoms with Crippen LogP contribution in [0.4, 0.5) is 5.13 Å². The summed E-state index contributed by atoms with van der Waals surface area (Å²) in [5.41, 5.74) is 3.94. The van der Waals surface area contributed by atoms with Gasteiger partial charge in [0.15, 0.2) is 5.13 Å². The topological polar surface area (TPSA) is 73.1 Å². The minimum absolute atomic E-state index is 0.160. The Morgan fingerprint density at radius 2 is 1.94 bits per heavy atom. The van der Waals surface area contributed by atoms with E-state index in [0.717, 1.165) is 32.9 Å². The van der Waals surface area contributed by atoms with Crippen molar-refractivity contribution < 1.29 is 9.53 Å². The summed E-state index contributed by atoms with van der Waals surface area (Å²) < 4.78 is 8.38. The average molecular weight is 470 g/mol. The van der Waals surface area contributed by atoms with E-state index in [1.54, 1.807) is 28.2 Å². The molecule has 2 aromatic carbocycles. The van der Waals surface area contributed by atoms with E-state index in [9.17, 15) is 4.79 Å². The Kier molecular flexibility index (Phi) is 6.05. The molecule has 0 aliphatic heterocycles. The molecule has 0 radical (unpaired) electrons. The van der Waals surface area contributed by atoms with Gasteiger partial charge in [-0.25, -0.2) is 9.67 Å². The largest absolute Gasteiger partial charge is 0.494 e. The van der Waals surface area contributed by atoms with Crippen LogP contribution in [0.3, 0.4) is 0 Å². The molecule has 7 nitrogen and oxygen atoms in total. The van der Waals surface area contributed by atoms with E-state index < -0.39 is 0 Å². The molecule has 0 bridgehead atoms. The van der Waals surface area contributed by atoms with Crippen LogP contribution in [0.25, 0.3) is 15.9 Å². The molecule has 0 unspecified atom stereocenters. The van der Waals surface area contributed by atoms with Gasteiger partial charge in [-0.15, -0.1) is 0 Å². The van der Waals surface area contributed by atoms with E-state index in [2.05, 4.69) is 10.1 Å². The smallest absolute Gasteiger partial charge is 0.263 e. The van der Waals surface area contributed by atoms with Crippen LogP contribution in [-0.4, -0.2) is 32.3 Å². The summed E-state index contributed by atoms with van der Waals surface area (Å²) in [4.78, 5) is 24.5. The number of thiazole rings is 1. The maximum absolute atomic E-state index is 13.9. The van der Waals surface area contributed by atoms with Gasteiger partial charge in [0.1, 0.15) is 5.75 Å². The molecular formula is C26H23N5O2S. The van der Waals surface area contributed by atoms with Crippen LogP contribution in [-0.2, 0) is 6.54 Å². The van der Waals surface area contributed by atoms with Crippen LogP contribution in [0.15, 0.2) is 79.3 Å². The molecule has 0 atom stereocenters. The molecule has 0 spiro atoms. The Morgan fingerprint density at radius 1 is 1.09 bits per heavy atom. The van der Waals surface area contributed by atoms with Crippen molar-refractivity contribution in [2.75, 3.05) is 11.5 Å². The molecule has 5 rings (SSSR count). The fraction of sp³-hybridized carbons (Fsp3) is 0.154. The number of anilines is 1. The second-order valence-electron chi connectivity index (χ2n) is 7.70. The molecule has 0 aliphatic rings. The monoisotopic (exact) mass is 469 g/mol. The number of nitrogens with zero attached hydrogens (tertiary/aromatic N) is 5. The van der Waals surface area contributed by atoms with Gasteiger partial charge in [0.25, 0.3) is 5.91 Å². The van der Waals surface area contributed by atoms with E-state index >= 15 is 0 Å². The normalized spacial score (nSPS) is 11.0. The van der Waals surface area contributed by atoms with Gasteiger partial charge in [-0.05, 0) is 55.8 Å². The first-order valence-electron chi connectivity index (χ1n) is 11.0. The first-order chi connectivity index (χ1) is 16.6. The first kappa shape index (κ1) is 21.8. The third-order valence-electron chi connectivity index (χ3n) is 5.44. The summed E-state index contributed by atoms with van der Waals surface area (Å²) in [7, 11) is 0. The summed E-state index contributed by atoms with van der Waals surface area (Å²) in [6, 6.07) is 19.4. The Bertz CT molecular complexity index is 1430. The number of carbonyl (C=O) groups is 1. The van der Waals surface area contributed by atoms with Crippen LogP contribution < -0.4 is 9.64 Å². The van der Waals surface area contributed by atoms with Gasteiger partial charge in [0.05, 0.1) is 46.5 Å². The molecule has 3 heterocycles. The van der Waals surface area contributed by atoms with Gasteiger partial charge in [-0.2, -0.15) is 5.10 Å². The summed E-state index contributed by atoms with van der Waals surface area (Å²) >= 11 is 1.46. The molecule has 8 heteroatoms. The Labute approximate surface area is 201 Å².